The van der Waals surface area contributed by atoms with Gasteiger partial charge in [-0.25, -0.2) is 0 Å². The molecule has 1 aromatic heterocycles. The third kappa shape index (κ3) is 7.08. The van der Waals surface area contributed by atoms with Crippen LogP contribution in [0.4, 0.5) is 0 Å². The SMILES string of the molecule is O=C(N[C@@H](Cc1ccc(Cl)cc1)C(=O)N1CCC(c2ccccc2CN2CCCC2=O)CC1)c1cc(=O)c2ccc(Cl)cc2o1. The van der Waals surface area contributed by atoms with E-state index in [1.54, 1.807) is 29.2 Å². The number of nitrogens with zero attached hydrogens (tertiary/aromatic N) is 2. The molecule has 0 saturated carbocycles. The number of fused-ring (bicyclic) bond motifs is 1. The number of halogens is 2. The van der Waals surface area contributed by atoms with Crippen molar-refractivity contribution in [2.24, 2.45) is 0 Å². The molecule has 2 aliphatic rings. The van der Waals surface area contributed by atoms with E-state index in [1.165, 1.54) is 11.6 Å². The number of hydrogen-bond acceptors (Lipinski definition) is 5. The van der Waals surface area contributed by atoms with Crippen LogP contribution < -0.4 is 10.7 Å². The lowest BCUT2D eigenvalue weighted by molar-refractivity contribution is -0.134. The van der Waals surface area contributed by atoms with Gasteiger partial charge in [0.1, 0.15) is 11.6 Å². The molecular formula is C35H33Cl2N3O5. The molecule has 0 spiro atoms. The second-order valence-corrected chi connectivity index (χ2v) is 12.6. The number of carbonyl (C=O) groups is 3. The van der Waals surface area contributed by atoms with Crippen LogP contribution >= 0.6 is 23.2 Å². The molecule has 6 rings (SSSR count). The number of carbonyl (C=O) groups excluding carboxylic acids is 3. The lowest BCUT2D eigenvalue weighted by Crippen LogP contribution is -2.51. The first-order valence-electron chi connectivity index (χ1n) is 15.2. The zero-order chi connectivity index (χ0) is 31.5. The summed E-state index contributed by atoms with van der Waals surface area (Å²) in [5.74, 6) is -0.618. The zero-order valence-corrected chi connectivity index (χ0v) is 26.2. The minimum Gasteiger partial charge on any atom is -0.451 e. The van der Waals surface area contributed by atoms with E-state index in [0.29, 0.717) is 41.5 Å². The first-order valence-corrected chi connectivity index (χ1v) is 15.9. The second kappa shape index (κ2) is 13.5. The van der Waals surface area contributed by atoms with Crippen molar-refractivity contribution in [2.45, 2.75) is 50.6 Å². The van der Waals surface area contributed by atoms with Gasteiger partial charge in [-0.1, -0.05) is 59.6 Å². The minimum absolute atomic E-state index is 0.192. The summed E-state index contributed by atoms with van der Waals surface area (Å²) >= 11 is 12.2. The Balaban J connectivity index is 1.18. The maximum atomic E-state index is 14.0. The van der Waals surface area contributed by atoms with Crippen molar-refractivity contribution in [3.63, 3.8) is 0 Å². The number of benzene rings is 3. The molecule has 45 heavy (non-hydrogen) atoms. The van der Waals surface area contributed by atoms with Gasteiger partial charge in [-0.2, -0.15) is 0 Å². The average Bonchev–Trinajstić information content (AvgIpc) is 3.45. The molecular weight excluding hydrogens is 613 g/mol. The molecule has 0 unspecified atom stereocenters. The predicted octanol–water partition coefficient (Wildman–Crippen LogP) is 5.97. The van der Waals surface area contributed by atoms with Crippen LogP contribution in [0.5, 0.6) is 0 Å². The molecule has 1 atom stereocenters. The van der Waals surface area contributed by atoms with E-state index in [1.807, 2.05) is 29.2 Å². The van der Waals surface area contributed by atoms with Gasteiger partial charge >= 0.3 is 0 Å². The van der Waals surface area contributed by atoms with Gasteiger partial charge in [-0.15, -0.1) is 0 Å². The molecule has 3 amide bonds. The van der Waals surface area contributed by atoms with Crippen LogP contribution in [-0.2, 0) is 22.6 Å². The number of likely N-dealkylation sites (tertiary alicyclic amines) is 2. The van der Waals surface area contributed by atoms with Crippen LogP contribution in [-0.4, -0.2) is 53.2 Å². The van der Waals surface area contributed by atoms with Gasteiger partial charge in [0.2, 0.25) is 11.8 Å². The van der Waals surface area contributed by atoms with E-state index < -0.39 is 11.9 Å². The van der Waals surface area contributed by atoms with Gasteiger partial charge in [-0.3, -0.25) is 19.2 Å². The summed E-state index contributed by atoms with van der Waals surface area (Å²) in [5.41, 5.74) is 3.02. The van der Waals surface area contributed by atoms with Crippen LogP contribution in [0.25, 0.3) is 11.0 Å². The van der Waals surface area contributed by atoms with E-state index >= 15 is 0 Å². The van der Waals surface area contributed by atoms with E-state index in [-0.39, 0.29) is 40.9 Å². The summed E-state index contributed by atoms with van der Waals surface area (Å²) in [6.45, 7) is 2.45. The molecule has 8 nitrogen and oxygen atoms in total. The van der Waals surface area contributed by atoms with E-state index in [2.05, 4.69) is 17.4 Å². The lowest BCUT2D eigenvalue weighted by atomic mass is 9.86. The summed E-state index contributed by atoms with van der Waals surface area (Å²) in [7, 11) is 0. The van der Waals surface area contributed by atoms with Crippen molar-refractivity contribution in [3.05, 3.63) is 116 Å². The largest absolute Gasteiger partial charge is 0.451 e. The van der Waals surface area contributed by atoms with Crippen molar-refractivity contribution >= 4 is 51.9 Å². The highest BCUT2D eigenvalue weighted by molar-refractivity contribution is 6.31. The van der Waals surface area contributed by atoms with Crippen molar-refractivity contribution in [1.82, 2.24) is 15.1 Å². The molecule has 0 aliphatic carbocycles. The molecule has 3 aromatic carbocycles. The molecule has 232 valence electrons. The summed E-state index contributed by atoms with van der Waals surface area (Å²) in [6, 6.07) is 20.2. The Kier molecular flexibility index (Phi) is 9.24. The monoisotopic (exact) mass is 645 g/mol. The molecule has 2 saturated heterocycles. The van der Waals surface area contributed by atoms with Crippen LogP contribution in [0.1, 0.15) is 58.8 Å². The zero-order valence-electron chi connectivity index (χ0n) is 24.6. The quantitative estimate of drug-likeness (QED) is 0.255. The van der Waals surface area contributed by atoms with Gasteiger partial charge in [0.25, 0.3) is 5.91 Å². The Bertz CT molecular complexity index is 1800. The van der Waals surface area contributed by atoms with Crippen molar-refractivity contribution in [3.8, 4) is 0 Å². The number of rotatable bonds is 8. The van der Waals surface area contributed by atoms with Crippen LogP contribution in [0, 0.1) is 0 Å². The molecule has 2 aliphatic heterocycles. The maximum Gasteiger partial charge on any atom is 0.287 e. The molecule has 4 aromatic rings. The summed E-state index contributed by atoms with van der Waals surface area (Å²) in [6.07, 6.45) is 3.27. The normalized spacial score (nSPS) is 16.3. The van der Waals surface area contributed by atoms with Gasteiger partial charge in [0.15, 0.2) is 11.2 Å². The van der Waals surface area contributed by atoms with Gasteiger partial charge in [0, 0.05) is 61.2 Å². The Labute approximate surface area is 270 Å². The standard InChI is InChI=1S/C35H33Cl2N3O5/c36-25-9-7-22(8-10-25)18-29(38-34(43)32-20-30(41)28-12-11-26(37)19-31(28)45-32)35(44)39-16-13-23(14-17-39)27-5-2-1-4-24(27)21-40-15-3-6-33(40)42/h1-2,4-5,7-12,19-20,23,29H,3,6,13-18,21H2,(H,38,43)/t29-/m0/s1. The first kappa shape index (κ1) is 30.9. The Morgan fingerprint density at radius 3 is 2.38 bits per heavy atom. The molecule has 0 bridgehead atoms. The average molecular weight is 647 g/mol. The number of amides is 3. The topological polar surface area (TPSA) is 99.9 Å². The molecule has 0 radical (unpaired) electrons. The lowest BCUT2D eigenvalue weighted by Gasteiger charge is -2.35. The van der Waals surface area contributed by atoms with E-state index in [0.717, 1.165) is 43.0 Å². The van der Waals surface area contributed by atoms with Crippen molar-refractivity contribution < 1.29 is 18.8 Å². The fraction of sp³-hybridized carbons (Fsp3) is 0.314. The third-order valence-electron chi connectivity index (χ3n) is 8.71. The summed E-state index contributed by atoms with van der Waals surface area (Å²) in [5, 5.41) is 4.08. The fourth-order valence-corrected chi connectivity index (χ4v) is 6.60. The number of nitrogens with one attached hydrogen (secondary N) is 1. The minimum atomic E-state index is -0.899. The van der Waals surface area contributed by atoms with Crippen molar-refractivity contribution in [1.29, 1.82) is 0 Å². The first-order chi connectivity index (χ1) is 21.7. The number of hydrogen-bond donors (Lipinski definition) is 1. The van der Waals surface area contributed by atoms with Crippen molar-refractivity contribution in [2.75, 3.05) is 19.6 Å². The second-order valence-electron chi connectivity index (χ2n) is 11.7. The smallest absolute Gasteiger partial charge is 0.287 e. The van der Waals surface area contributed by atoms with Gasteiger partial charge in [-0.05, 0) is 66.1 Å². The van der Waals surface area contributed by atoms with Crippen LogP contribution in [0.2, 0.25) is 10.0 Å². The third-order valence-corrected chi connectivity index (χ3v) is 9.19. The highest BCUT2D eigenvalue weighted by Crippen LogP contribution is 2.32. The Morgan fingerprint density at radius 2 is 1.64 bits per heavy atom. The molecule has 3 heterocycles. The fourth-order valence-electron chi connectivity index (χ4n) is 6.31. The molecule has 2 fully saturated rings. The predicted molar refractivity (Wildman–Crippen MR) is 174 cm³/mol. The Morgan fingerprint density at radius 1 is 0.911 bits per heavy atom. The maximum absolute atomic E-state index is 14.0. The molecule has 10 heteroatoms. The Hall–Kier alpha value is -4.14. The van der Waals surface area contributed by atoms with E-state index in [4.69, 9.17) is 27.6 Å². The highest BCUT2D eigenvalue weighted by Gasteiger charge is 2.32. The van der Waals surface area contributed by atoms with Crippen LogP contribution in [0.15, 0.2) is 82.0 Å². The van der Waals surface area contributed by atoms with Crippen LogP contribution in [0.3, 0.4) is 0 Å². The number of piperidine rings is 1. The summed E-state index contributed by atoms with van der Waals surface area (Å²) < 4.78 is 5.74. The molecule has 1 N–H and O–H groups in total. The summed E-state index contributed by atoms with van der Waals surface area (Å²) in [4.78, 5) is 56.1. The van der Waals surface area contributed by atoms with E-state index in [9.17, 15) is 19.2 Å². The van der Waals surface area contributed by atoms with Gasteiger partial charge in [0.05, 0.1) is 5.39 Å². The highest BCUT2D eigenvalue weighted by atomic mass is 35.5. The van der Waals surface area contributed by atoms with Gasteiger partial charge < -0.3 is 19.5 Å².